The third-order valence-electron chi connectivity index (χ3n) is 4.60. The lowest BCUT2D eigenvalue weighted by Crippen LogP contribution is -2.27. The summed E-state index contributed by atoms with van der Waals surface area (Å²) in [5.41, 5.74) is 0.914. The Labute approximate surface area is 185 Å². The highest BCUT2D eigenvalue weighted by atomic mass is 35.5. The summed E-state index contributed by atoms with van der Waals surface area (Å²) in [6.45, 7) is 0. The van der Waals surface area contributed by atoms with Crippen molar-refractivity contribution in [3.8, 4) is 11.1 Å². The maximum atomic E-state index is 13.1. The minimum atomic E-state index is -1.06. The van der Waals surface area contributed by atoms with Crippen LogP contribution in [0.3, 0.4) is 0 Å². The highest BCUT2D eigenvalue weighted by molar-refractivity contribution is 6.39. The predicted molar refractivity (Wildman–Crippen MR) is 117 cm³/mol. The number of hydrogen-bond donors (Lipinski definition) is 2. The number of nitrogens with one attached hydrogen (secondary N) is 1. The fourth-order valence-corrected chi connectivity index (χ4v) is 3.81. The molecule has 4 rings (SSSR count). The second-order valence-corrected chi connectivity index (χ2v) is 7.38. The second kappa shape index (κ2) is 7.93. The predicted octanol–water partition coefficient (Wildman–Crippen LogP) is 3.60. The highest BCUT2D eigenvalue weighted by Crippen LogP contribution is 2.33. The molecule has 0 aliphatic heterocycles. The van der Waals surface area contributed by atoms with Gasteiger partial charge in [-0.1, -0.05) is 29.3 Å². The summed E-state index contributed by atoms with van der Waals surface area (Å²) in [7, 11) is 2.95. The maximum absolute atomic E-state index is 13.1. The van der Waals surface area contributed by atoms with Crippen LogP contribution in [0.2, 0.25) is 10.0 Å². The van der Waals surface area contributed by atoms with E-state index in [2.05, 4.69) is 15.3 Å². The van der Waals surface area contributed by atoms with Gasteiger partial charge in [0.1, 0.15) is 12.8 Å². The molecule has 0 atom stereocenters. The number of benzene rings is 1. The number of hydrogen-bond acceptors (Lipinski definition) is 6. The number of carbonyl (C=O) groups is 1. The Morgan fingerprint density at radius 2 is 1.94 bits per heavy atom. The Morgan fingerprint density at radius 1 is 1.23 bits per heavy atom. The Morgan fingerprint density at radius 3 is 2.55 bits per heavy atom. The van der Waals surface area contributed by atoms with E-state index in [4.69, 9.17) is 28.0 Å². The van der Waals surface area contributed by atoms with Crippen LogP contribution in [0, 0.1) is 0 Å². The fraction of sp³-hybridized carbons (Fsp3) is 0.100. The molecule has 0 fully saturated rings. The van der Waals surface area contributed by atoms with Crippen molar-refractivity contribution in [2.75, 3.05) is 12.4 Å². The lowest BCUT2D eigenvalue weighted by atomic mass is 10.1. The Kier molecular flexibility index (Phi) is 5.30. The van der Waals surface area contributed by atoms with Gasteiger partial charge in [0.2, 0.25) is 5.95 Å². The Hall–Kier alpha value is -3.56. The number of nitrogens with zero attached hydrogens (tertiary/aromatic N) is 4. The molecule has 0 bridgehead atoms. The third kappa shape index (κ3) is 3.69. The van der Waals surface area contributed by atoms with Gasteiger partial charge in [-0.15, -0.1) is 4.73 Å². The number of aromatic nitrogens is 4. The number of aromatic carboxylic acids is 1. The van der Waals surface area contributed by atoms with Crippen molar-refractivity contribution in [3.05, 3.63) is 68.8 Å². The van der Waals surface area contributed by atoms with E-state index in [1.807, 2.05) is 0 Å². The van der Waals surface area contributed by atoms with Gasteiger partial charge in [-0.2, -0.15) is 4.98 Å². The maximum Gasteiger partial charge on any atom is 0.352 e. The molecule has 3 aromatic heterocycles. The number of anilines is 2. The summed E-state index contributed by atoms with van der Waals surface area (Å²) in [6, 6.07) is 8.00. The minimum absolute atomic E-state index is 0.0957. The Balaban J connectivity index is 1.83. The monoisotopic (exact) mass is 459 g/mol. The van der Waals surface area contributed by atoms with Crippen LogP contribution in [0.4, 0.5) is 11.6 Å². The van der Waals surface area contributed by atoms with Crippen molar-refractivity contribution in [2.24, 2.45) is 7.05 Å². The Bertz CT molecular complexity index is 1380. The number of fused-ring (bicyclic) bond motifs is 1. The second-order valence-electron chi connectivity index (χ2n) is 6.56. The van der Waals surface area contributed by atoms with Gasteiger partial charge in [0.25, 0.3) is 5.56 Å². The zero-order chi connectivity index (χ0) is 22.3. The standard InChI is InChI=1S/C20H15Cl2N5O4/c1-26-9-11(7-15(26)19(29)30)24-20-23-8-10-6-12(16-13(21)4-3-5-14(16)22)18(28)27(31-2)17(10)25-20/h3-9H,1-2H3,(H,29,30)(H,23,24,25). The number of aryl methyl sites for hydroxylation is 1. The van der Waals surface area contributed by atoms with Crippen LogP contribution in [0.5, 0.6) is 0 Å². The summed E-state index contributed by atoms with van der Waals surface area (Å²) < 4.78 is 2.47. The zero-order valence-corrected chi connectivity index (χ0v) is 17.8. The van der Waals surface area contributed by atoms with Gasteiger partial charge < -0.3 is 19.8 Å². The summed E-state index contributed by atoms with van der Waals surface area (Å²) in [5.74, 6) is -0.905. The molecule has 1 aromatic carbocycles. The van der Waals surface area contributed by atoms with Gasteiger partial charge in [0.15, 0.2) is 5.65 Å². The van der Waals surface area contributed by atoms with Crippen molar-refractivity contribution >= 4 is 51.8 Å². The molecule has 0 aliphatic carbocycles. The first-order valence-corrected chi connectivity index (χ1v) is 9.64. The van der Waals surface area contributed by atoms with E-state index < -0.39 is 11.5 Å². The van der Waals surface area contributed by atoms with Crippen LogP contribution in [0.15, 0.2) is 47.5 Å². The topological polar surface area (TPSA) is 111 Å². The average Bonchev–Trinajstić information content (AvgIpc) is 3.09. The lowest BCUT2D eigenvalue weighted by molar-refractivity contribution is 0.0686. The van der Waals surface area contributed by atoms with Gasteiger partial charge in [0, 0.05) is 30.4 Å². The molecule has 31 heavy (non-hydrogen) atoms. The number of carboxylic acids is 1. The zero-order valence-electron chi connectivity index (χ0n) is 16.3. The molecule has 2 N–H and O–H groups in total. The van der Waals surface area contributed by atoms with Crippen LogP contribution in [0.1, 0.15) is 10.5 Å². The SMILES string of the molecule is COn1c(=O)c(-c2c(Cl)cccc2Cl)cc2cnc(Nc3cc(C(=O)O)n(C)c3)nc21. The van der Waals surface area contributed by atoms with Crippen LogP contribution in [-0.4, -0.2) is 37.5 Å². The van der Waals surface area contributed by atoms with Crippen molar-refractivity contribution in [1.29, 1.82) is 0 Å². The molecule has 0 aliphatic rings. The number of carboxylic acid groups (broad SMARTS) is 1. The van der Waals surface area contributed by atoms with Crippen molar-refractivity contribution < 1.29 is 14.7 Å². The van der Waals surface area contributed by atoms with E-state index in [0.717, 1.165) is 4.73 Å². The van der Waals surface area contributed by atoms with Crippen molar-refractivity contribution in [1.82, 2.24) is 19.3 Å². The third-order valence-corrected chi connectivity index (χ3v) is 5.23. The van der Waals surface area contributed by atoms with E-state index in [0.29, 0.717) is 26.7 Å². The van der Waals surface area contributed by atoms with Crippen LogP contribution in [0.25, 0.3) is 22.2 Å². The number of rotatable bonds is 5. The lowest BCUT2D eigenvalue weighted by Gasteiger charge is -2.13. The van der Waals surface area contributed by atoms with Crippen LogP contribution >= 0.6 is 23.2 Å². The fourth-order valence-electron chi connectivity index (χ4n) is 3.21. The molecule has 0 saturated heterocycles. The molecule has 158 valence electrons. The van der Waals surface area contributed by atoms with Gasteiger partial charge in [-0.25, -0.2) is 9.78 Å². The highest BCUT2D eigenvalue weighted by Gasteiger charge is 2.18. The molecule has 3 heterocycles. The normalized spacial score (nSPS) is 11.0. The largest absolute Gasteiger partial charge is 0.477 e. The number of halogens is 2. The molecular formula is C20H15Cl2N5O4. The smallest absolute Gasteiger partial charge is 0.352 e. The van der Waals surface area contributed by atoms with Gasteiger partial charge in [-0.3, -0.25) is 4.79 Å². The molecule has 9 nitrogen and oxygen atoms in total. The molecule has 0 radical (unpaired) electrons. The van der Waals surface area contributed by atoms with Crippen molar-refractivity contribution in [2.45, 2.75) is 0 Å². The summed E-state index contributed by atoms with van der Waals surface area (Å²) >= 11 is 12.6. The average molecular weight is 460 g/mol. The van der Waals surface area contributed by atoms with Gasteiger partial charge in [0.05, 0.1) is 21.3 Å². The van der Waals surface area contributed by atoms with Crippen LogP contribution < -0.4 is 15.7 Å². The molecular weight excluding hydrogens is 445 g/mol. The van der Waals surface area contributed by atoms with E-state index in [9.17, 15) is 14.7 Å². The molecule has 0 saturated carbocycles. The van der Waals surface area contributed by atoms with Gasteiger partial charge in [-0.05, 0) is 24.3 Å². The summed E-state index contributed by atoms with van der Waals surface area (Å²) in [6.07, 6.45) is 3.10. The van der Waals surface area contributed by atoms with E-state index in [1.54, 1.807) is 37.5 Å². The molecule has 11 heteroatoms. The molecule has 0 spiro atoms. The summed E-state index contributed by atoms with van der Waals surface area (Å²) in [4.78, 5) is 38.2. The minimum Gasteiger partial charge on any atom is -0.477 e. The first-order chi connectivity index (χ1) is 14.8. The van der Waals surface area contributed by atoms with Crippen LogP contribution in [-0.2, 0) is 7.05 Å². The molecule has 0 amide bonds. The molecule has 4 aromatic rings. The first kappa shape index (κ1) is 20.7. The molecule has 0 unspecified atom stereocenters. The van der Waals surface area contributed by atoms with E-state index in [1.165, 1.54) is 23.9 Å². The van der Waals surface area contributed by atoms with E-state index >= 15 is 0 Å². The van der Waals surface area contributed by atoms with E-state index in [-0.39, 0.29) is 22.9 Å². The number of pyridine rings is 1. The quantitative estimate of drug-likeness (QED) is 0.468. The van der Waals surface area contributed by atoms with Crippen molar-refractivity contribution in [3.63, 3.8) is 0 Å². The first-order valence-electron chi connectivity index (χ1n) is 8.88. The van der Waals surface area contributed by atoms with Gasteiger partial charge >= 0.3 is 5.97 Å². The summed E-state index contributed by atoms with van der Waals surface area (Å²) in [5, 5.41) is 13.3.